The number of aliphatic hydroxyl groups excluding tert-OH is 1. The maximum Gasteiger partial charge on any atom is 0.267 e. The van der Waals surface area contributed by atoms with Crippen molar-refractivity contribution >= 4 is 17.5 Å². The van der Waals surface area contributed by atoms with Crippen LogP contribution in [-0.2, 0) is 0 Å². The van der Waals surface area contributed by atoms with Gasteiger partial charge in [-0.2, -0.15) is 0 Å². The molecule has 1 saturated carbocycles. The Morgan fingerprint density at radius 3 is 2.84 bits per heavy atom. The largest absolute Gasteiger partial charge is 0.396 e. The molecule has 1 heterocycles. The third-order valence-electron chi connectivity index (χ3n) is 3.50. The van der Waals surface area contributed by atoms with Gasteiger partial charge < -0.3 is 15.0 Å². The molecule has 0 saturated heterocycles. The number of hydrogen-bond donors (Lipinski definition) is 2. The normalized spacial score (nSPS) is 15.6. The van der Waals surface area contributed by atoms with E-state index in [2.05, 4.69) is 5.32 Å². The number of nitrogens with zero attached hydrogens (tertiary/aromatic N) is 1. The van der Waals surface area contributed by atoms with E-state index in [0.717, 1.165) is 12.8 Å². The van der Waals surface area contributed by atoms with Gasteiger partial charge in [-0.05, 0) is 30.7 Å². The number of carbonyl (C=O) groups excluding carboxylic acids is 1. The SMILES string of the molecule is CC(C)(CCO)CNC(=O)c1cc(Cl)cn1C1CC1. The van der Waals surface area contributed by atoms with Crippen LogP contribution in [0.15, 0.2) is 12.3 Å². The van der Waals surface area contributed by atoms with Gasteiger partial charge in [-0.15, -0.1) is 0 Å². The lowest BCUT2D eigenvalue weighted by Crippen LogP contribution is -2.35. The predicted molar refractivity (Wildman–Crippen MR) is 75.5 cm³/mol. The molecular formula is C14H21ClN2O2. The quantitative estimate of drug-likeness (QED) is 0.844. The molecule has 0 aliphatic heterocycles. The highest BCUT2D eigenvalue weighted by molar-refractivity contribution is 6.31. The molecule has 1 aromatic rings. The van der Waals surface area contributed by atoms with Crippen LogP contribution in [0.5, 0.6) is 0 Å². The fourth-order valence-corrected chi connectivity index (χ4v) is 2.29. The first-order valence-electron chi connectivity index (χ1n) is 6.69. The van der Waals surface area contributed by atoms with Crippen LogP contribution in [0.25, 0.3) is 0 Å². The first-order chi connectivity index (χ1) is 8.93. The number of carbonyl (C=O) groups is 1. The molecule has 1 fully saturated rings. The number of hydrogen-bond acceptors (Lipinski definition) is 2. The highest BCUT2D eigenvalue weighted by Gasteiger charge is 2.28. The minimum atomic E-state index is -0.106. The smallest absolute Gasteiger partial charge is 0.267 e. The van der Waals surface area contributed by atoms with E-state index in [4.69, 9.17) is 16.7 Å². The number of halogens is 1. The molecule has 2 rings (SSSR count). The minimum Gasteiger partial charge on any atom is -0.396 e. The van der Waals surface area contributed by atoms with Crippen LogP contribution in [0, 0.1) is 5.41 Å². The Morgan fingerprint density at radius 2 is 2.26 bits per heavy atom. The van der Waals surface area contributed by atoms with Crippen molar-refractivity contribution < 1.29 is 9.90 Å². The molecule has 1 amide bonds. The molecule has 2 N–H and O–H groups in total. The van der Waals surface area contributed by atoms with Gasteiger partial charge in [0, 0.05) is 25.4 Å². The van der Waals surface area contributed by atoms with E-state index in [-0.39, 0.29) is 17.9 Å². The average molecular weight is 285 g/mol. The van der Waals surface area contributed by atoms with E-state index >= 15 is 0 Å². The number of aromatic nitrogens is 1. The van der Waals surface area contributed by atoms with Gasteiger partial charge in [0.25, 0.3) is 5.91 Å². The van der Waals surface area contributed by atoms with Crippen molar-refractivity contribution in [2.45, 2.75) is 39.2 Å². The van der Waals surface area contributed by atoms with Crippen LogP contribution in [0.4, 0.5) is 0 Å². The Kier molecular flexibility index (Phi) is 4.21. The van der Waals surface area contributed by atoms with Crippen LogP contribution in [0.3, 0.4) is 0 Å². The lowest BCUT2D eigenvalue weighted by Gasteiger charge is -2.24. The molecule has 1 aliphatic carbocycles. The van der Waals surface area contributed by atoms with Crippen molar-refractivity contribution in [1.82, 2.24) is 9.88 Å². The zero-order chi connectivity index (χ0) is 14.0. The van der Waals surface area contributed by atoms with Gasteiger partial charge in [0.05, 0.1) is 5.02 Å². The minimum absolute atomic E-state index is 0.0928. The number of amides is 1. The highest BCUT2D eigenvalue weighted by atomic mass is 35.5. The molecule has 19 heavy (non-hydrogen) atoms. The standard InChI is InChI=1S/C14H21ClN2O2/c1-14(2,5-6-18)9-16-13(19)12-7-10(15)8-17(12)11-3-4-11/h7-8,11,18H,3-6,9H2,1-2H3,(H,16,19). The lowest BCUT2D eigenvalue weighted by atomic mass is 9.90. The van der Waals surface area contributed by atoms with E-state index in [1.807, 2.05) is 24.6 Å². The van der Waals surface area contributed by atoms with E-state index in [9.17, 15) is 4.79 Å². The predicted octanol–water partition coefficient (Wildman–Crippen LogP) is 2.61. The first kappa shape index (κ1) is 14.4. The summed E-state index contributed by atoms with van der Waals surface area (Å²) >= 11 is 5.99. The summed E-state index contributed by atoms with van der Waals surface area (Å²) in [5, 5.41) is 12.5. The molecule has 4 nitrogen and oxygen atoms in total. The van der Waals surface area contributed by atoms with Gasteiger partial charge in [0.15, 0.2) is 0 Å². The Bertz CT molecular complexity index is 464. The molecule has 106 valence electrons. The average Bonchev–Trinajstić information content (AvgIpc) is 3.09. The maximum atomic E-state index is 12.2. The molecular weight excluding hydrogens is 264 g/mol. The van der Waals surface area contributed by atoms with Gasteiger partial charge >= 0.3 is 0 Å². The Labute approximate surface area is 118 Å². The Balaban J connectivity index is 2.00. The molecule has 1 aromatic heterocycles. The summed E-state index contributed by atoms with van der Waals surface area (Å²) in [7, 11) is 0. The molecule has 0 bridgehead atoms. The maximum absolute atomic E-state index is 12.2. The van der Waals surface area contributed by atoms with Crippen molar-refractivity contribution in [3.8, 4) is 0 Å². The fourth-order valence-electron chi connectivity index (χ4n) is 2.08. The topological polar surface area (TPSA) is 54.3 Å². The van der Waals surface area contributed by atoms with Crippen molar-refractivity contribution in [3.05, 3.63) is 23.0 Å². The van der Waals surface area contributed by atoms with Crippen LogP contribution >= 0.6 is 11.6 Å². The van der Waals surface area contributed by atoms with Gasteiger partial charge in [0.1, 0.15) is 5.69 Å². The van der Waals surface area contributed by atoms with Crippen molar-refractivity contribution in [2.24, 2.45) is 5.41 Å². The van der Waals surface area contributed by atoms with Gasteiger partial charge in [0.2, 0.25) is 0 Å². The van der Waals surface area contributed by atoms with Crippen molar-refractivity contribution in [3.63, 3.8) is 0 Å². The van der Waals surface area contributed by atoms with E-state index in [1.54, 1.807) is 6.07 Å². The monoisotopic (exact) mass is 284 g/mol. The summed E-state index contributed by atoms with van der Waals surface area (Å²) in [5.41, 5.74) is 0.526. The summed E-state index contributed by atoms with van der Waals surface area (Å²) in [5.74, 6) is -0.0928. The van der Waals surface area contributed by atoms with Gasteiger partial charge in [-0.25, -0.2) is 0 Å². The van der Waals surface area contributed by atoms with Crippen LogP contribution in [0.1, 0.15) is 49.6 Å². The second kappa shape index (κ2) is 5.55. The zero-order valence-corrected chi connectivity index (χ0v) is 12.2. The van der Waals surface area contributed by atoms with E-state index in [0.29, 0.717) is 29.7 Å². The molecule has 0 aromatic carbocycles. The van der Waals surface area contributed by atoms with Gasteiger partial charge in [-0.3, -0.25) is 4.79 Å². The van der Waals surface area contributed by atoms with Crippen molar-refractivity contribution in [1.29, 1.82) is 0 Å². The summed E-state index contributed by atoms with van der Waals surface area (Å²) in [6.07, 6.45) is 4.72. The Hall–Kier alpha value is -1.00. The summed E-state index contributed by atoms with van der Waals surface area (Å²) in [6.45, 7) is 4.72. The Morgan fingerprint density at radius 1 is 1.58 bits per heavy atom. The molecule has 0 spiro atoms. The summed E-state index contributed by atoms with van der Waals surface area (Å²) < 4.78 is 1.97. The second-order valence-electron chi connectivity index (χ2n) is 6.00. The number of aliphatic hydroxyl groups is 1. The first-order valence-corrected chi connectivity index (χ1v) is 7.07. The third kappa shape index (κ3) is 3.74. The molecule has 0 radical (unpaired) electrons. The number of nitrogens with one attached hydrogen (secondary N) is 1. The third-order valence-corrected chi connectivity index (χ3v) is 3.71. The molecule has 0 unspecified atom stereocenters. The van der Waals surface area contributed by atoms with Crippen LogP contribution in [0.2, 0.25) is 5.02 Å². The second-order valence-corrected chi connectivity index (χ2v) is 6.44. The van der Waals surface area contributed by atoms with Crippen LogP contribution in [-0.4, -0.2) is 28.7 Å². The van der Waals surface area contributed by atoms with Gasteiger partial charge in [-0.1, -0.05) is 25.4 Å². The highest BCUT2D eigenvalue weighted by Crippen LogP contribution is 2.37. The summed E-state index contributed by atoms with van der Waals surface area (Å²) in [6, 6.07) is 2.15. The van der Waals surface area contributed by atoms with E-state index < -0.39 is 0 Å². The molecule has 1 aliphatic rings. The molecule has 5 heteroatoms. The molecule has 0 atom stereocenters. The lowest BCUT2D eigenvalue weighted by molar-refractivity contribution is 0.0918. The van der Waals surface area contributed by atoms with E-state index in [1.165, 1.54) is 0 Å². The van der Waals surface area contributed by atoms with Crippen LogP contribution < -0.4 is 5.32 Å². The number of rotatable bonds is 6. The zero-order valence-electron chi connectivity index (χ0n) is 11.4. The van der Waals surface area contributed by atoms with Crippen molar-refractivity contribution in [2.75, 3.05) is 13.2 Å². The fraction of sp³-hybridized carbons (Fsp3) is 0.643. The summed E-state index contributed by atoms with van der Waals surface area (Å²) in [4.78, 5) is 12.2.